The molecule has 1 aliphatic rings. The predicted molar refractivity (Wildman–Crippen MR) is 77.8 cm³/mol. The highest BCUT2D eigenvalue weighted by molar-refractivity contribution is 6.18. The molecular formula is C15H16N4O. The SMILES string of the molecule is CC1=NN(c2ccccc2C)C(=O)C1c1cc(C)[nH]n1. The van der Waals surface area contributed by atoms with Crippen molar-refractivity contribution in [1.82, 2.24) is 10.2 Å². The molecule has 5 heteroatoms. The third-order valence-electron chi connectivity index (χ3n) is 3.50. The van der Waals surface area contributed by atoms with Crippen LogP contribution in [0, 0.1) is 13.8 Å². The third kappa shape index (κ3) is 1.91. The standard InChI is InChI=1S/C15H16N4O/c1-9-6-4-5-7-13(9)19-15(20)14(11(3)18-19)12-8-10(2)16-17-12/h4-8,14H,1-3H3,(H,16,17). The molecule has 2 aromatic rings. The van der Waals surface area contributed by atoms with Crippen LogP contribution >= 0.6 is 0 Å². The lowest BCUT2D eigenvalue weighted by atomic mass is 10.00. The first-order valence-electron chi connectivity index (χ1n) is 6.54. The van der Waals surface area contributed by atoms with Gasteiger partial charge in [-0.15, -0.1) is 0 Å². The van der Waals surface area contributed by atoms with E-state index in [0.29, 0.717) is 0 Å². The number of aromatic amines is 1. The lowest BCUT2D eigenvalue weighted by Gasteiger charge is -2.15. The predicted octanol–water partition coefficient (Wildman–Crippen LogP) is 2.53. The summed E-state index contributed by atoms with van der Waals surface area (Å²) in [5.41, 5.74) is 4.28. The molecule has 1 N–H and O–H groups in total. The number of hydrogen-bond donors (Lipinski definition) is 1. The molecule has 1 amide bonds. The number of rotatable bonds is 2. The molecule has 1 aromatic heterocycles. The van der Waals surface area contributed by atoms with Gasteiger partial charge in [0.15, 0.2) is 0 Å². The number of carbonyl (C=O) groups is 1. The molecule has 0 aliphatic carbocycles. The summed E-state index contributed by atoms with van der Waals surface area (Å²) in [4.78, 5) is 12.6. The Morgan fingerprint density at radius 1 is 1.20 bits per heavy atom. The molecule has 20 heavy (non-hydrogen) atoms. The van der Waals surface area contributed by atoms with Gasteiger partial charge in [0.2, 0.25) is 0 Å². The van der Waals surface area contributed by atoms with Gasteiger partial charge in [-0.25, -0.2) is 0 Å². The first kappa shape index (κ1) is 12.6. The van der Waals surface area contributed by atoms with Crippen molar-refractivity contribution in [3.05, 3.63) is 47.3 Å². The highest BCUT2D eigenvalue weighted by Gasteiger charge is 2.37. The summed E-state index contributed by atoms with van der Waals surface area (Å²) < 4.78 is 0. The van der Waals surface area contributed by atoms with Crippen molar-refractivity contribution in [3.8, 4) is 0 Å². The van der Waals surface area contributed by atoms with E-state index in [1.54, 1.807) is 0 Å². The number of hydrazone groups is 1. The number of anilines is 1. The first-order chi connectivity index (χ1) is 9.58. The van der Waals surface area contributed by atoms with Gasteiger partial charge in [-0.3, -0.25) is 9.89 Å². The summed E-state index contributed by atoms with van der Waals surface area (Å²) in [6, 6.07) is 9.63. The Bertz CT molecular complexity index is 701. The van der Waals surface area contributed by atoms with Crippen LogP contribution in [0.1, 0.15) is 29.8 Å². The molecule has 0 saturated carbocycles. The minimum Gasteiger partial charge on any atom is -0.283 e. The molecule has 0 radical (unpaired) electrons. The number of para-hydroxylation sites is 1. The number of aryl methyl sites for hydroxylation is 2. The second-order valence-corrected chi connectivity index (χ2v) is 5.09. The molecule has 0 bridgehead atoms. The molecule has 1 aromatic carbocycles. The van der Waals surface area contributed by atoms with Crippen molar-refractivity contribution in [2.24, 2.45) is 5.10 Å². The summed E-state index contributed by atoms with van der Waals surface area (Å²) in [7, 11) is 0. The Morgan fingerprint density at radius 2 is 1.95 bits per heavy atom. The van der Waals surface area contributed by atoms with Crippen LogP contribution in [-0.4, -0.2) is 21.8 Å². The van der Waals surface area contributed by atoms with Gasteiger partial charge < -0.3 is 0 Å². The average Bonchev–Trinajstić information content (AvgIpc) is 2.94. The summed E-state index contributed by atoms with van der Waals surface area (Å²) in [6.45, 7) is 5.76. The molecule has 3 rings (SSSR count). The fraction of sp³-hybridized carbons (Fsp3) is 0.267. The molecule has 0 fully saturated rings. The monoisotopic (exact) mass is 268 g/mol. The van der Waals surface area contributed by atoms with Gasteiger partial charge in [0.25, 0.3) is 5.91 Å². The molecule has 5 nitrogen and oxygen atoms in total. The minimum absolute atomic E-state index is 0.0525. The number of nitrogens with zero attached hydrogens (tertiary/aromatic N) is 3. The Morgan fingerprint density at radius 3 is 2.60 bits per heavy atom. The molecule has 0 spiro atoms. The summed E-state index contributed by atoms with van der Waals surface area (Å²) in [6.07, 6.45) is 0. The number of nitrogens with one attached hydrogen (secondary N) is 1. The van der Waals surface area contributed by atoms with Crippen molar-refractivity contribution in [3.63, 3.8) is 0 Å². The van der Waals surface area contributed by atoms with E-state index in [0.717, 1.165) is 28.4 Å². The van der Waals surface area contributed by atoms with Crippen LogP contribution in [0.2, 0.25) is 0 Å². The molecule has 2 heterocycles. The van der Waals surface area contributed by atoms with E-state index in [-0.39, 0.29) is 11.8 Å². The van der Waals surface area contributed by atoms with Gasteiger partial charge >= 0.3 is 0 Å². The van der Waals surface area contributed by atoms with Crippen molar-refractivity contribution in [2.45, 2.75) is 26.7 Å². The van der Waals surface area contributed by atoms with E-state index < -0.39 is 0 Å². The maximum atomic E-state index is 12.6. The first-order valence-corrected chi connectivity index (χ1v) is 6.54. The van der Waals surface area contributed by atoms with Crippen molar-refractivity contribution in [1.29, 1.82) is 0 Å². The largest absolute Gasteiger partial charge is 0.283 e. The number of hydrogen-bond acceptors (Lipinski definition) is 3. The van der Waals surface area contributed by atoms with Gasteiger partial charge in [-0.2, -0.15) is 15.2 Å². The van der Waals surface area contributed by atoms with Crippen molar-refractivity contribution < 1.29 is 4.79 Å². The Hall–Kier alpha value is -2.43. The smallest absolute Gasteiger partial charge is 0.262 e. The van der Waals surface area contributed by atoms with Crippen LogP contribution in [-0.2, 0) is 4.79 Å². The van der Waals surface area contributed by atoms with Crippen LogP contribution in [0.3, 0.4) is 0 Å². The molecular weight excluding hydrogens is 252 g/mol. The van der Waals surface area contributed by atoms with Crippen LogP contribution in [0.5, 0.6) is 0 Å². The highest BCUT2D eigenvalue weighted by Crippen LogP contribution is 2.31. The number of amides is 1. The van der Waals surface area contributed by atoms with Gasteiger partial charge in [0.1, 0.15) is 5.92 Å². The molecule has 1 unspecified atom stereocenters. The van der Waals surface area contributed by atoms with Crippen molar-refractivity contribution in [2.75, 3.05) is 5.01 Å². The quantitative estimate of drug-likeness (QED) is 0.909. The highest BCUT2D eigenvalue weighted by atomic mass is 16.2. The lowest BCUT2D eigenvalue weighted by molar-refractivity contribution is -0.118. The van der Waals surface area contributed by atoms with E-state index >= 15 is 0 Å². The molecule has 1 atom stereocenters. The topological polar surface area (TPSA) is 61.4 Å². The Labute approximate surface area is 117 Å². The van der Waals surface area contributed by atoms with Gasteiger partial charge in [0, 0.05) is 5.69 Å². The molecule has 0 saturated heterocycles. The van der Waals surface area contributed by atoms with E-state index in [4.69, 9.17) is 0 Å². The normalized spacial score (nSPS) is 18.6. The van der Waals surface area contributed by atoms with Gasteiger partial charge in [0.05, 0.1) is 17.1 Å². The van der Waals surface area contributed by atoms with E-state index in [9.17, 15) is 4.79 Å². The number of carbonyl (C=O) groups excluding carboxylic acids is 1. The average molecular weight is 268 g/mol. The summed E-state index contributed by atoms with van der Waals surface area (Å²) in [5, 5.41) is 13.0. The maximum absolute atomic E-state index is 12.6. The second kappa shape index (κ2) is 4.59. The Kier molecular flexibility index (Phi) is 2.89. The number of aromatic nitrogens is 2. The molecule has 102 valence electrons. The van der Waals surface area contributed by atoms with Crippen LogP contribution < -0.4 is 5.01 Å². The zero-order valence-electron chi connectivity index (χ0n) is 11.7. The van der Waals surface area contributed by atoms with Gasteiger partial charge in [-0.1, -0.05) is 18.2 Å². The number of H-pyrrole nitrogens is 1. The summed E-state index contributed by atoms with van der Waals surface area (Å²) in [5.74, 6) is -0.442. The fourth-order valence-corrected chi connectivity index (χ4v) is 2.47. The zero-order chi connectivity index (χ0) is 14.3. The number of benzene rings is 1. The van der Waals surface area contributed by atoms with Crippen LogP contribution in [0.25, 0.3) is 0 Å². The third-order valence-corrected chi connectivity index (χ3v) is 3.50. The van der Waals surface area contributed by atoms with E-state index in [1.807, 2.05) is 51.1 Å². The Balaban J connectivity index is 1.99. The van der Waals surface area contributed by atoms with Crippen LogP contribution in [0.15, 0.2) is 35.4 Å². The van der Waals surface area contributed by atoms with E-state index in [1.165, 1.54) is 5.01 Å². The van der Waals surface area contributed by atoms with Crippen molar-refractivity contribution >= 4 is 17.3 Å². The fourth-order valence-electron chi connectivity index (χ4n) is 2.47. The second-order valence-electron chi connectivity index (χ2n) is 5.09. The maximum Gasteiger partial charge on any atom is 0.262 e. The van der Waals surface area contributed by atoms with Gasteiger partial charge in [-0.05, 0) is 38.5 Å². The minimum atomic E-state index is -0.389. The molecule has 1 aliphatic heterocycles. The lowest BCUT2D eigenvalue weighted by Crippen LogP contribution is -2.26. The van der Waals surface area contributed by atoms with E-state index in [2.05, 4.69) is 15.3 Å². The summed E-state index contributed by atoms with van der Waals surface area (Å²) >= 11 is 0. The zero-order valence-corrected chi connectivity index (χ0v) is 11.7. The van der Waals surface area contributed by atoms with Crippen LogP contribution in [0.4, 0.5) is 5.69 Å².